The lowest BCUT2D eigenvalue weighted by Crippen LogP contribution is -2.53. The third-order valence-corrected chi connectivity index (χ3v) is 4.76. The Hall–Kier alpha value is -2.34. The van der Waals surface area contributed by atoms with Gasteiger partial charge in [0.2, 0.25) is 0 Å². The molecule has 0 aliphatic carbocycles. The minimum atomic E-state index is -0.398. The van der Waals surface area contributed by atoms with E-state index < -0.39 is 5.97 Å². The molecule has 140 valence electrons. The molecule has 6 heteroatoms. The van der Waals surface area contributed by atoms with E-state index in [1.165, 1.54) is 7.11 Å². The van der Waals surface area contributed by atoms with Gasteiger partial charge in [-0.1, -0.05) is 26.0 Å². The fraction of sp³-hybridized carbons (Fsp3) is 0.500. The number of nitrogens with zero attached hydrogens (tertiary/aromatic N) is 3. The Morgan fingerprint density at radius 3 is 2.96 bits per heavy atom. The summed E-state index contributed by atoms with van der Waals surface area (Å²) in [5, 5.41) is 0. The first-order chi connectivity index (χ1) is 12.5. The van der Waals surface area contributed by atoms with Gasteiger partial charge in [0.25, 0.3) is 6.01 Å². The zero-order chi connectivity index (χ0) is 18.7. The number of anilines is 1. The van der Waals surface area contributed by atoms with Crippen LogP contribution >= 0.6 is 0 Å². The van der Waals surface area contributed by atoms with Gasteiger partial charge in [0.05, 0.1) is 12.7 Å². The van der Waals surface area contributed by atoms with Gasteiger partial charge in [0.1, 0.15) is 5.52 Å². The summed E-state index contributed by atoms with van der Waals surface area (Å²) in [4.78, 5) is 21.3. The van der Waals surface area contributed by atoms with E-state index in [-0.39, 0.29) is 0 Å². The quantitative estimate of drug-likeness (QED) is 0.584. The van der Waals surface area contributed by atoms with Crippen LogP contribution in [0.25, 0.3) is 11.1 Å². The highest BCUT2D eigenvalue weighted by molar-refractivity contribution is 6.01. The van der Waals surface area contributed by atoms with Gasteiger partial charge in [-0.05, 0) is 24.5 Å². The molecule has 0 spiro atoms. The summed E-state index contributed by atoms with van der Waals surface area (Å²) in [6.45, 7) is 11.9. The van der Waals surface area contributed by atoms with Crippen molar-refractivity contribution in [2.45, 2.75) is 26.3 Å². The van der Waals surface area contributed by atoms with Crippen molar-refractivity contribution in [3.8, 4) is 0 Å². The average molecular weight is 357 g/mol. The number of para-hydroxylation sites is 1. The Balaban J connectivity index is 1.93. The van der Waals surface area contributed by atoms with E-state index in [1.807, 2.05) is 12.1 Å². The number of aromatic nitrogens is 1. The number of piperazine rings is 1. The van der Waals surface area contributed by atoms with Gasteiger partial charge in [-0.3, -0.25) is 4.90 Å². The molecule has 1 aliphatic heterocycles. The Kier molecular flexibility index (Phi) is 5.61. The van der Waals surface area contributed by atoms with Crippen LogP contribution in [0.4, 0.5) is 6.01 Å². The van der Waals surface area contributed by atoms with Crippen LogP contribution in [0.5, 0.6) is 0 Å². The fourth-order valence-electron chi connectivity index (χ4n) is 3.60. The number of hydrogen-bond acceptors (Lipinski definition) is 6. The first-order valence-electron chi connectivity index (χ1n) is 9.11. The molecular formula is C20H27N3O3. The van der Waals surface area contributed by atoms with Gasteiger partial charge in [-0.25, -0.2) is 4.79 Å². The summed E-state index contributed by atoms with van der Waals surface area (Å²) in [6, 6.07) is 6.24. The summed E-state index contributed by atoms with van der Waals surface area (Å²) >= 11 is 0. The van der Waals surface area contributed by atoms with Crippen molar-refractivity contribution < 1.29 is 13.9 Å². The molecule has 0 amide bonds. The van der Waals surface area contributed by atoms with Crippen molar-refractivity contribution in [3.63, 3.8) is 0 Å². The minimum absolute atomic E-state index is 0.318. The van der Waals surface area contributed by atoms with Crippen LogP contribution in [0.1, 0.15) is 30.6 Å². The summed E-state index contributed by atoms with van der Waals surface area (Å²) in [7, 11) is 1.37. The lowest BCUT2D eigenvalue weighted by molar-refractivity contribution is 0.0602. The summed E-state index contributed by atoms with van der Waals surface area (Å²) in [5.74, 6) is 0.172. The second-order valence-electron chi connectivity index (χ2n) is 7.17. The molecule has 26 heavy (non-hydrogen) atoms. The molecule has 1 fully saturated rings. The summed E-state index contributed by atoms with van der Waals surface area (Å²) in [6.07, 6.45) is 3.00. The van der Waals surface area contributed by atoms with Crippen LogP contribution in [-0.4, -0.2) is 55.2 Å². The van der Waals surface area contributed by atoms with Crippen LogP contribution in [0.15, 0.2) is 35.3 Å². The van der Waals surface area contributed by atoms with Crippen LogP contribution in [0, 0.1) is 5.92 Å². The SMILES string of the molecule is C=CCN1CCN(c2nc3c(C(=O)OC)cccc3o2)C(CC(C)C)C1. The number of hydrogen-bond donors (Lipinski definition) is 0. The van der Waals surface area contributed by atoms with E-state index in [4.69, 9.17) is 9.15 Å². The van der Waals surface area contributed by atoms with Gasteiger partial charge in [0.15, 0.2) is 5.58 Å². The highest BCUT2D eigenvalue weighted by atomic mass is 16.5. The maximum absolute atomic E-state index is 12.0. The standard InChI is InChI=1S/C20H27N3O3/c1-5-9-22-10-11-23(15(13-22)12-14(2)3)20-21-18-16(19(24)25-4)7-6-8-17(18)26-20/h5-8,14-15H,1,9-13H2,2-4H3. The normalized spacial score (nSPS) is 18.5. The molecule has 3 rings (SSSR count). The van der Waals surface area contributed by atoms with E-state index in [0.717, 1.165) is 32.6 Å². The number of methoxy groups -OCH3 is 1. The van der Waals surface area contributed by atoms with Gasteiger partial charge < -0.3 is 14.1 Å². The molecule has 1 unspecified atom stereocenters. The second-order valence-corrected chi connectivity index (χ2v) is 7.17. The highest BCUT2D eigenvalue weighted by Gasteiger charge is 2.30. The molecule has 0 bridgehead atoms. The van der Waals surface area contributed by atoms with E-state index in [0.29, 0.717) is 34.6 Å². The monoisotopic (exact) mass is 357 g/mol. The minimum Gasteiger partial charge on any atom is -0.465 e. The van der Waals surface area contributed by atoms with Crippen LogP contribution in [0.2, 0.25) is 0 Å². The number of rotatable bonds is 6. The van der Waals surface area contributed by atoms with Crippen LogP contribution < -0.4 is 4.90 Å². The number of fused-ring (bicyclic) bond motifs is 1. The van der Waals surface area contributed by atoms with Crippen molar-refractivity contribution >= 4 is 23.1 Å². The molecule has 2 heterocycles. The second kappa shape index (κ2) is 7.91. The molecule has 1 aromatic carbocycles. The Labute approximate surface area is 154 Å². The molecule has 1 saturated heterocycles. The van der Waals surface area contributed by atoms with Crippen molar-refractivity contribution in [2.24, 2.45) is 5.92 Å². The number of oxazole rings is 1. The highest BCUT2D eigenvalue weighted by Crippen LogP contribution is 2.29. The predicted molar refractivity (Wildman–Crippen MR) is 103 cm³/mol. The molecule has 1 atom stereocenters. The third kappa shape index (κ3) is 3.75. The number of ether oxygens (including phenoxy) is 1. The Morgan fingerprint density at radius 1 is 1.46 bits per heavy atom. The van der Waals surface area contributed by atoms with E-state index in [2.05, 4.69) is 35.2 Å². The first kappa shape index (κ1) is 18.5. The lowest BCUT2D eigenvalue weighted by atomic mass is 10.0. The zero-order valence-corrected chi connectivity index (χ0v) is 15.8. The maximum Gasteiger partial charge on any atom is 0.340 e. The molecule has 0 saturated carbocycles. The van der Waals surface area contributed by atoms with Gasteiger partial charge >= 0.3 is 5.97 Å². The molecule has 0 N–H and O–H groups in total. The summed E-state index contributed by atoms with van der Waals surface area (Å²) < 4.78 is 10.9. The third-order valence-electron chi connectivity index (χ3n) is 4.76. The van der Waals surface area contributed by atoms with Gasteiger partial charge in [-0.2, -0.15) is 4.98 Å². The number of carbonyl (C=O) groups excluding carboxylic acids is 1. The van der Waals surface area contributed by atoms with Crippen molar-refractivity contribution in [1.82, 2.24) is 9.88 Å². The number of benzene rings is 1. The van der Waals surface area contributed by atoms with E-state index >= 15 is 0 Å². The maximum atomic E-state index is 12.0. The van der Waals surface area contributed by atoms with Crippen molar-refractivity contribution in [2.75, 3.05) is 38.2 Å². The topological polar surface area (TPSA) is 58.8 Å². The smallest absolute Gasteiger partial charge is 0.340 e. The zero-order valence-electron chi connectivity index (χ0n) is 15.8. The van der Waals surface area contributed by atoms with Crippen LogP contribution in [-0.2, 0) is 4.74 Å². The Bertz CT molecular complexity index is 784. The van der Waals surface area contributed by atoms with Crippen molar-refractivity contribution in [3.05, 3.63) is 36.4 Å². The molecule has 1 aliphatic rings. The number of carbonyl (C=O) groups is 1. The summed E-state index contributed by atoms with van der Waals surface area (Å²) in [5.41, 5.74) is 1.61. The first-order valence-corrected chi connectivity index (χ1v) is 9.11. The molecular weight excluding hydrogens is 330 g/mol. The lowest BCUT2D eigenvalue weighted by Gasteiger charge is -2.41. The fourth-order valence-corrected chi connectivity index (χ4v) is 3.60. The molecule has 1 aromatic heterocycles. The van der Waals surface area contributed by atoms with Gasteiger partial charge in [-0.15, -0.1) is 6.58 Å². The van der Waals surface area contributed by atoms with Crippen LogP contribution in [0.3, 0.4) is 0 Å². The average Bonchev–Trinajstić information content (AvgIpc) is 3.05. The Morgan fingerprint density at radius 2 is 2.27 bits per heavy atom. The largest absolute Gasteiger partial charge is 0.465 e. The molecule has 2 aromatic rings. The van der Waals surface area contributed by atoms with E-state index in [1.54, 1.807) is 12.1 Å². The van der Waals surface area contributed by atoms with Gasteiger partial charge in [0, 0.05) is 32.2 Å². The molecule has 6 nitrogen and oxygen atoms in total. The molecule has 0 radical (unpaired) electrons. The van der Waals surface area contributed by atoms with Crippen molar-refractivity contribution in [1.29, 1.82) is 0 Å². The number of esters is 1. The predicted octanol–water partition coefficient (Wildman–Crippen LogP) is 3.34. The van der Waals surface area contributed by atoms with E-state index in [9.17, 15) is 4.79 Å².